The molecule has 6 heteroatoms. The van der Waals surface area contributed by atoms with Gasteiger partial charge in [-0.25, -0.2) is 9.97 Å². The summed E-state index contributed by atoms with van der Waals surface area (Å²) in [7, 11) is 0. The van der Waals surface area contributed by atoms with Crippen LogP contribution in [0.1, 0.15) is 18.9 Å². The van der Waals surface area contributed by atoms with Crippen LogP contribution in [0.25, 0.3) is 33.1 Å². The molecule has 0 unspecified atom stereocenters. The number of hydrogen-bond donors (Lipinski definition) is 1. The Balaban J connectivity index is 1.44. The molecule has 0 fully saturated rings. The maximum absolute atomic E-state index is 6.07. The number of aromatic amines is 1. The molecule has 0 aliphatic rings. The molecule has 5 aromatic rings. The van der Waals surface area contributed by atoms with Crippen molar-refractivity contribution in [1.29, 1.82) is 0 Å². The van der Waals surface area contributed by atoms with Crippen molar-refractivity contribution in [2.75, 3.05) is 6.54 Å². The van der Waals surface area contributed by atoms with Crippen LogP contribution in [-0.2, 0) is 6.54 Å². The topological polar surface area (TPSA) is 54.0 Å². The fraction of sp³-hybridized carbons (Fsp3) is 0.160. The van der Waals surface area contributed by atoms with Crippen LogP contribution in [0.15, 0.2) is 72.8 Å². The van der Waals surface area contributed by atoms with Crippen molar-refractivity contribution in [3.63, 3.8) is 0 Å². The first-order valence-corrected chi connectivity index (χ1v) is 10.8. The predicted molar refractivity (Wildman–Crippen MR) is 129 cm³/mol. The molecule has 1 N–H and O–H groups in total. The highest BCUT2D eigenvalue weighted by atomic mass is 32.1. The molecule has 0 aliphatic heterocycles. The molecule has 0 radical (unpaired) electrons. The molecule has 0 bridgehead atoms. The molecule has 0 spiro atoms. The summed E-state index contributed by atoms with van der Waals surface area (Å²) in [6, 6.07) is 24.1. The lowest BCUT2D eigenvalue weighted by Crippen LogP contribution is -2.33. The number of fused-ring (bicyclic) bond motifs is 4. The fourth-order valence-electron chi connectivity index (χ4n) is 3.77. The smallest absolute Gasteiger partial charge is 0.265 e. The number of aromatic nitrogens is 3. The molecular weight excluding hydrogens is 404 g/mol. The minimum Gasteiger partial charge on any atom is -0.432 e. The first-order chi connectivity index (χ1) is 15.2. The van der Waals surface area contributed by atoms with E-state index in [-0.39, 0.29) is 0 Å². The van der Waals surface area contributed by atoms with Crippen LogP contribution in [0.5, 0.6) is 5.75 Å². The van der Waals surface area contributed by atoms with Crippen LogP contribution < -0.4 is 4.74 Å². The largest absolute Gasteiger partial charge is 0.432 e. The number of H-pyrrole nitrogens is 1. The third-order valence-corrected chi connectivity index (χ3v) is 5.59. The quantitative estimate of drug-likeness (QED) is 0.358. The summed E-state index contributed by atoms with van der Waals surface area (Å²) in [5.74, 6) is 0.667. The van der Waals surface area contributed by atoms with E-state index in [1.807, 2.05) is 54.6 Å². The molecule has 0 saturated heterocycles. The van der Waals surface area contributed by atoms with Crippen molar-refractivity contribution in [3.8, 4) is 5.75 Å². The van der Waals surface area contributed by atoms with Gasteiger partial charge in [0.25, 0.3) is 5.17 Å². The lowest BCUT2D eigenvalue weighted by molar-refractivity contribution is 0.345. The molecular formula is C25H22N4OS. The Morgan fingerprint density at radius 2 is 1.77 bits per heavy atom. The highest BCUT2D eigenvalue weighted by molar-refractivity contribution is 7.80. The Bertz CT molecular complexity index is 1380. The first-order valence-electron chi connectivity index (χ1n) is 10.4. The van der Waals surface area contributed by atoms with Gasteiger partial charge >= 0.3 is 0 Å². The van der Waals surface area contributed by atoms with Gasteiger partial charge in [-0.1, -0.05) is 55.5 Å². The van der Waals surface area contributed by atoms with Gasteiger partial charge in [-0.3, -0.25) is 0 Å². The summed E-state index contributed by atoms with van der Waals surface area (Å²) in [5.41, 5.74) is 5.47. The predicted octanol–water partition coefficient (Wildman–Crippen LogP) is 5.84. The summed E-state index contributed by atoms with van der Waals surface area (Å²) in [6.07, 6.45) is 0.984. The maximum atomic E-state index is 6.07. The van der Waals surface area contributed by atoms with Crippen LogP contribution in [0.4, 0.5) is 0 Å². The third-order valence-electron chi connectivity index (χ3n) is 5.24. The van der Waals surface area contributed by atoms with Gasteiger partial charge in [-0.15, -0.1) is 0 Å². The molecule has 2 aromatic heterocycles. The summed E-state index contributed by atoms with van der Waals surface area (Å²) in [6.45, 7) is 3.69. The number of thiocarbonyl (C=S) groups is 1. The normalized spacial score (nSPS) is 11.3. The number of nitrogens with one attached hydrogen (secondary N) is 1. The van der Waals surface area contributed by atoms with Crippen molar-refractivity contribution < 1.29 is 4.74 Å². The minimum atomic E-state index is 0.464. The molecule has 5 nitrogen and oxygen atoms in total. The molecule has 0 amide bonds. The molecule has 154 valence electrons. The average Bonchev–Trinajstić information content (AvgIpc) is 3.15. The second-order valence-corrected chi connectivity index (χ2v) is 7.87. The zero-order valence-corrected chi connectivity index (χ0v) is 18.0. The second-order valence-electron chi connectivity index (χ2n) is 7.52. The summed E-state index contributed by atoms with van der Waals surface area (Å²) < 4.78 is 6.07. The van der Waals surface area contributed by atoms with Crippen LogP contribution in [-0.4, -0.2) is 31.6 Å². The molecule has 0 atom stereocenters. The van der Waals surface area contributed by atoms with E-state index >= 15 is 0 Å². The molecule has 0 aliphatic carbocycles. The van der Waals surface area contributed by atoms with Crippen molar-refractivity contribution in [2.45, 2.75) is 19.9 Å². The number of para-hydroxylation sites is 1. The van der Waals surface area contributed by atoms with E-state index in [0.29, 0.717) is 10.9 Å². The van der Waals surface area contributed by atoms with Crippen LogP contribution in [0, 0.1) is 0 Å². The molecule has 3 aromatic carbocycles. The number of rotatable bonds is 5. The molecule has 2 heterocycles. The molecule has 31 heavy (non-hydrogen) atoms. The van der Waals surface area contributed by atoms with Gasteiger partial charge in [0.15, 0.2) is 5.65 Å². The lowest BCUT2D eigenvalue weighted by atomic mass is 10.2. The maximum Gasteiger partial charge on any atom is 0.265 e. The van der Waals surface area contributed by atoms with E-state index in [1.54, 1.807) is 0 Å². The van der Waals surface area contributed by atoms with Crippen LogP contribution in [0.2, 0.25) is 0 Å². The van der Waals surface area contributed by atoms with Gasteiger partial charge in [-0.2, -0.15) is 0 Å². The van der Waals surface area contributed by atoms with E-state index < -0.39 is 0 Å². The highest BCUT2D eigenvalue weighted by Crippen LogP contribution is 2.26. The SMILES string of the molecule is CCCN(Cc1ccccc1)C(=S)Oc1ccc2nc3[nH]c4ccccc4c3nc2c1. The van der Waals surface area contributed by atoms with E-state index in [4.69, 9.17) is 26.9 Å². The van der Waals surface area contributed by atoms with Crippen molar-refractivity contribution >= 4 is 50.5 Å². The average molecular weight is 427 g/mol. The standard InChI is InChI=1S/C25H22N4OS/c1-2-14-29(16-17-8-4-3-5-9-17)25(31)30-18-12-13-21-22(15-18)26-23-19-10-6-7-11-20(19)27-24(23)28-21/h3-13,15H,2,14,16H2,1H3,(H,27,28). The molecule has 0 saturated carbocycles. The summed E-state index contributed by atoms with van der Waals surface area (Å²) in [4.78, 5) is 15.0. The Morgan fingerprint density at radius 3 is 2.61 bits per heavy atom. The van der Waals surface area contributed by atoms with Gasteiger partial charge in [0.05, 0.1) is 11.0 Å². The van der Waals surface area contributed by atoms with Gasteiger partial charge in [-0.05, 0) is 42.4 Å². The zero-order valence-electron chi connectivity index (χ0n) is 17.2. The van der Waals surface area contributed by atoms with Crippen molar-refractivity contribution in [3.05, 3.63) is 78.4 Å². The van der Waals surface area contributed by atoms with Crippen molar-refractivity contribution in [1.82, 2.24) is 19.9 Å². The van der Waals surface area contributed by atoms with Gasteiger partial charge in [0.1, 0.15) is 11.3 Å². The Labute approximate surface area is 185 Å². The van der Waals surface area contributed by atoms with Gasteiger partial charge in [0, 0.05) is 30.1 Å². The Morgan fingerprint density at radius 1 is 0.968 bits per heavy atom. The first kappa shape index (κ1) is 19.5. The highest BCUT2D eigenvalue weighted by Gasteiger charge is 2.14. The van der Waals surface area contributed by atoms with Crippen molar-refractivity contribution in [2.24, 2.45) is 0 Å². The number of hydrogen-bond acceptors (Lipinski definition) is 4. The van der Waals surface area contributed by atoms with E-state index in [0.717, 1.165) is 52.6 Å². The number of benzene rings is 3. The Hall–Kier alpha value is -3.51. The number of ether oxygens (including phenoxy) is 1. The van der Waals surface area contributed by atoms with E-state index in [9.17, 15) is 0 Å². The summed E-state index contributed by atoms with van der Waals surface area (Å²) in [5, 5.41) is 1.52. The van der Waals surface area contributed by atoms with Gasteiger partial charge in [0.2, 0.25) is 0 Å². The fourth-order valence-corrected chi connectivity index (χ4v) is 4.02. The monoisotopic (exact) mass is 426 g/mol. The van der Waals surface area contributed by atoms with Crippen LogP contribution in [0.3, 0.4) is 0 Å². The Kier molecular flexibility index (Phi) is 5.22. The summed E-state index contributed by atoms with van der Waals surface area (Å²) >= 11 is 5.63. The lowest BCUT2D eigenvalue weighted by Gasteiger charge is -2.24. The third kappa shape index (κ3) is 3.94. The minimum absolute atomic E-state index is 0.464. The van der Waals surface area contributed by atoms with Crippen LogP contribution >= 0.6 is 12.2 Å². The zero-order chi connectivity index (χ0) is 21.2. The van der Waals surface area contributed by atoms with E-state index in [1.165, 1.54) is 5.56 Å². The second kappa shape index (κ2) is 8.32. The molecule has 5 rings (SSSR count). The van der Waals surface area contributed by atoms with E-state index in [2.05, 4.69) is 35.0 Å². The van der Waals surface area contributed by atoms with Gasteiger partial charge < -0.3 is 14.6 Å². The number of nitrogens with zero attached hydrogens (tertiary/aromatic N) is 3.